The minimum Gasteiger partial charge on any atom is -0.379 e. The van der Waals surface area contributed by atoms with Gasteiger partial charge in [0.2, 0.25) is 11.8 Å². The fourth-order valence-electron chi connectivity index (χ4n) is 4.92. The molecule has 0 spiro atoms. The number of benzene rings is 1. The van der Waals surface area contributed by atoms with Gasteiger partial charge in [0, 0.05) is 32.1 Å². The summed E-state index contributed by atoms with van der Waals surface area (Å²) in [6.45, 7) is 4.64. The summed E-state index contributed by atoms with van der Waals surface area (Å²) in [6.07, 6.45) is 6.39. The maximum Gasteiger partial charge on any atom is 0.237 e. The molecule has 1 aromatic carbocycles. The maximum atomic E-state index is 13.2. The second-order valence-electron chi connectivity index (χ2n) is 8.52. The third-order valence-electron chi connectivity index (χ3n) is 6.64. The van der Waals surface area contributed by atoms with E-state index in [1.807, 2.05) is 11.0 Å². The molecule has 1 N–H and O–H groups in total. The fraction of sp³-hybridized carbons (Fsp3) is 0.652. The van der Waals surface area contributed by atoms with Crippen LogP contribution in [0.2, 0.25) is 0 Å². The molecule has 2 heterocycles. The van der Waals surface area contributed by atoms with E-state index in [0.717, 1.165) is 45.2 Å². The molecule has 2 aliphatic heterocycles. The average molecular weight is 400 g/mol. The van der Waals surface area contributed by atoms with Gasteiger partial charge in [-0.25, -0.2) is 0 Å². The Morgan fingerprint density at radius 2 is 1.79 bits per heavy atom. The van der Waals surface area contributed by atoms with Gasteiger partial charge in [0.15, 0.2) is 0 Å². The highest BCUT2D eigenvalue weighted by molar-refractivity contribution is 5.80. The van der Waals surface area contributed by atoms with Crippen molar-refractivity contribution in [3.63, 3.8) is 0 Å². The second kappa shape index (κ2) is 9.72. The number of amides is 2. The molecule has 0 unspecified atom stereocenters. The van der Waals surface area contributed by atoms with Crippen molar-refractivity contribution in [3.05, 3.63) is 35.4 Å². The number of rotatable bonds is 5. The molecule has 0 bridgehead atoms. The van der Waals surface area contributed by atoms with E-state index < -0.39 is 0 Å². The summed E-state index contributed by atoms with van der Waals surface area (Å²) >= 11 is 0. The minimum atomic E-state index is -0.0824. The van der Waals surface area contributed by atoms with Gasteiger partial charge in [-0.2, -0.15) is 0 Å². The number of hydrogen-bond acceptors (Lipinski definition) is 4. The monoisotopic (exact) mass is 399 g/mol. The molecule has 1 saturated carbocycles. The molecule has 2 fully saturated rings. The van der Waals surface area contributed by atoms with Crippen LogP contribution in [0.1, 0.15) is 49.3 Å². The molecule has 1 atom stereocenters. The van der Waals surface area contributed by atoms with Gasteiger partial charge in [-0.15, -0.1) is 0 Å². The first kappa shape index (κ1) is 20.4. The molecule has 1 aromatic rings. The number of hydrogen-bond donors (Lipinski definition) is 1. The molecule has 0 aromatic heterocycles. The molecule has 2 amide bonds. The molecule has 3 aliphatic rings. The number of carbonyl (C=O) groups is 2. The van der Waals surface area contributed by atoms with Crippen LogP contribution in [0, 0.1) is 5.92 Å². The number of nitrogens with zero attached hydrogens (tertiary/aromatic N) is 2. The van der Waals surface area contributed by atoms with Crippen LogP contribution >= 0.6 is 0 Å². The lowest BCUT2D eigenvalue weighted by Crippen LogP contribution is -2.50. The van der Waals surface area contributed by atoms with Crippen LogP contribution in [0.25, 0.3) is 0 Å². The summed E-state index contributed by atoms with van der Waals surface area (Å²) in [6, 6.07) is 8.27. The van der Waals surface area contributed by atoms with Gasteiger partial charge in [0.1, 0.15) is 0 Å². The van der Waals surface area contributed by atoms with E-state index in [1.54, 1.807) is 0 Å². The zero-order chi connectivity index (χ0) is 20.1. The lowest BCUT2D eigenvalue weighted by Gasteiger charge is -2.39. The van der Waals surface area contributed by atoms with Gasteiger partial charge in [0.05, 0.1) is 25.8 Å². The van der Waals surface area contributed by atoms with Crippen LogP contribution < -0.4 is 5.32 Å². The Balaban J connectivity index is 1.44. The quantitative estimate of drug-likeness (QED) is 0.824. The Bertz CT molecular complexity index is 711. The predicted octanol–water partition coefficient (Wildman–Crippen LogP) is 2.14. The van der Waals surface area contributed by atoms with Crippen molar-refractivity contribution in [1.82, 2.24) is 15.1 Å². The lowest BCUT2D eigenvalue weighted by atomic mass is 9.88. The van der Waals surface area contributed by atoms with Gasteiger partial charge in [-0.1, -0.05) is 43.5 Å². The van der Waals surface area contributed by atoms with E-state index in [9.17, 15) is 9.59 Å². The Morgan fingerprint density at radius 1 is 1.03 bits per heavy atom. The Morgan fingerprint density at radius 3 is 2.59 bits per heavy atom. The molecular formula is C23H33N3O3. The van der Waals surface area contributed by atoms with Gasteiger partial charge in [-0.05, 0) is 30.4 Å². The number of fused-ring (bicyclic) bond motifs is 1. The molecule has 6 nitrogen and oxygen atoms in total. The third kappa shape index (κ3) is 4.98. The number of nitrogens with one attached hydrogen (secondary N) is 1. The van der Waals surface area contributed by atoms with Crippen LogP contribution in [0.3, 0.4) is 0 Å². The summed E-state index contributed by atoms with van der Waals surface area (Å²) in [5.74, 6) is 0.451. The normalized spacial score (nSPS) is 23.4. The van der Waals surface area contributed by atoms with E-state index in [0.29, 0.717) is 32.8 Å². The molecule has 1 saturated heterocycles. The van der Waals surface area contributed by atoms with Crippen molar-refractivity contribution in [2.45, 2.75) is 44.6 Å². The Labute approximate surface area is 173 Å². The first-order chi connectivity index (χ1) is 14.2. The maximum absolute atomic E-state index is 13.2. The van der Waals surface area contributed by atoms with E-state index in [-0.39, 0.29) is 23.8 Å². The van der Waals surface area contributed by atoms with Gasteiger partial charge in [-0.3, -0.25) is 14.5 Å². The second-order valence-corrected chi connectivity index (χ2v) is 8.52. The van der Waals surface area contributed by atoms with E-state index in [4.69, 9.17) is 4.74 Å². The zero-order valence-corrected chi connectivity index (χ0v) is 17.3. The molecule has 1 aliphatic carbocycles. The highest BCUT2D eigenvalue weighted by atomic mass is 16.5. The van der Waals surface area contributed by atoms with E-state index in [1.165, 1.54) is 17.5 Å². The molecule has 6 heteroatoms. The first-order valence-corrected chi connectivity index (χ1v) is 11.2. The van der Waals surface area contributed by atoms with Crippen LogP contribution in [0.4, 0.5) is 0 Å². The summed E-state index contributed by atoms with van der Waals surface area (Å²) in [5, 5.41) is 3.19. The topological polar surface area (TPSA) is 61.9 Å². The Hall–Kier alpha value is -1.92. The van der Waals surface area contributed by atoms with Crippen LogP contribution in [0.5, 0.6) is 0 Å². The SMILES string of the molecule is O=C(NC[C@@H]1c2ccccc2CCN1C(=O)CN1CCOCC1)C1CCCCC1. The third-order valence-corrected chi connectivity index (χ3v) is 6.64. The van der Waals surface area contributed by atoms with Crippen molar-refractivity contribution in [3.8, 4) is 0 Å². The predicted molar refractivity (Wildman–Crippen MR) is 111 cm³/mol. The van der Waals surface area contributed by atoms with E-state index in [2.05, 4.69) is 28.4 Å². The molecule has 0 radical (unpaired) electrons. The average Bonchev–Trinajstić information content (AvgIpc) is 2.78. The van der Waals surface area contributed by atoms with Crippen molar-refractivity contribution in [1.29, 1.82) is 0 Å². The first-order valence-electron chi connectivity index (χ1n) is 11.2. The van der Waals surface area contributed by atoms with Crippen LogP contribution in [-0.2, 0) is 20.7 Å². The fourth-order valence-corrected chi connectivity index (χ4v) is 4.92. The summed E-state index contributed by atoms with van der Waals surface area (Å²) in [4.78, 5) is 30.0. The number of ether oxygens (including phenoxy) is 1. The number of carbonyl (C=O) groups excluding carboxylic acids is 2. The van der Waals surface area contributed by atoms with Gasteiger partial charge in [0.25, 0.3) is 0 Å². The van der Waals surface area contributed by atoms with E-state index >= 15 is 0 Å². The Kier molecular flexibility index (Phi) is 6.82. The minimum absolute atomic E-state index is 0.0824. The molecule has 4 rings (SSSR count). The van der Waals surface area contributed by atoms with Crippen molar-refractivity contribution >= 4 is 11.8 Å². The van der Waals surface area contributed by atoms with Gasteiger partial charge < -0.3 is 15.0 Å². The largest absolute Gasteiger partial charge is 0.379 e. The number of morpholine rings is 1. The van der Waals surface area contributed by atoms with Crippen LogP contribution in [-0.4, -0.2) is 67.6 Å². The van der Waals surface area contributed by atoms with Crippen molar-refractivity contribution in [2.75, 3.05) is 45.9 Å². The lowest BCUT2D eigenvalue weighted by molar-refractivity contribution is -0.137. The molecule has 29 heavy (non-hydrogen) atoms. The molecule has 158 valence electrons. The highest BCUT2D eigenvalue weighted by Crippen LogP contribution is 2.30. The van der Waals surface area contributed by atoms with Crippen LogP contribution in [0.15, 0.2) is 24.3 Å². The summed E-state index contributed by atoms with van der Waals surface area (Å²) < 4.78 is 5.40. The summed E-state index contributed by atoms with van der Waals surface area (Å²) in [5.41, 5.74) is 2.47. The summed E-state index contributed by atoms with van der Waals surface area (Å²) in [7, 11) is 0. The van der Waals surface area contributed by atoms with Crippen molar-refractivity contribution in [2.24, 2.45) is 5.92 Å². The zero-order valence-electron chi connectivity index (χ0n) is 17.3. The molecular weight excluding hydrogens is 366 g/mol. The smallest absolute Gasteiger partial charge is 0.237 e. The van der Waals surface area contributed by atoms with Crippen molar-refractivity contribution < 1.29 is 14.3 Å². The van der Waals surface area contributed by atoms with Gasteiger partial charge >= 0.3 is 0 Å². The standard InChI is InChI=1S/C23H33N3O3/c27-22(17-25-12-14-29-15-13-25)26-11-10-18-6-4-5-9-20(18)21(26)16-24-23(28)19-7-2-1-3-8-19/h4-6,9,19,21H,1-3,7-8,10-17H2,(H,24,28)/t21-/m1/s1. The highest BCUT2D eigenvalue weighted by Gasteiger charge is 2.32.